The van der Waals surface area contributed by atoms with E-state index < -0.39 is 29.9 Å². The topological polar surface area (TPSA) is 108 Å². The minimum Gasteiger partial charge on any atom is -0.383 e. The van der Waals surface area contributed by atoms with Gasteiger partial charge in [0.1, 0.15) is 12.1 Å². The summed E-state index contributed by atoms with van der Waals surface area (Å²) in [6.45, 7) is 3.43. The first-order chi connectivity index (χ1) is 11.9. The number of hydrogen-bond donors (Lipinski definition) is 4. The molecular weight excluding hydrogens is 341 g/mol. The van der Waals surface area contributed by atoms with Crippen LogP contribution in [0.15, 0.2) is 30.3 Å². The van der Waals surface area contributed by atoms with Crippen LogP contribution in [0.25, 0.3) is 0 Å². The SMILES string of the molecule is CCCC(C)C(O)C(=O)NCC(=O)N[C@H](C(=O)NP)c1ccccc1. The maximum atomic E-state index is 12.1. The van der Waals surface area contributed by atoms with E-state index in [0.29, 0.717) is 12.0 Å². The molecule has 0 aliphatic heterocycles. The van der Waals surface area contributed by atoms with Gasteiger partial charge < -0.3 is 20.8 Å². The number of carbonyl (C=O) groups is 3. The molecule has 0 aliphatic rings. The third kappa shape index (κ3) is 6.80. The van der Waals surface area contributed by atoms with Crippen LogP contribution in [0.1, 0.15) is 38.3 Å². The van der Waals surface area contributed by atoms with Crippen molar-refractivity contribution in [1.82, 2.24) is 15.7 Å². The lowest BCUT2D eigenvalue weighted by atomic mass is 9.99. The minimum absolute atomic E-state index is 0.187. The average molecular weight is 367 g/mol. The Hall–Kier alpha value is -1.98. The monoisotopic (exact) mass is 367 g/mol. The molecule has 0 heterocycles. The van der Waals surface area contributed by atoms with E-state index in [-0.39, 0.29) is 12.5 Å². The molecule has 3 unspecified atom stereocenters. The van der Waals surface area contributed by atoms with Crippen molar-refractivity contribution in [1.29, 1.82) is 0 Å². The van der Waals surface area contributed by atoms with E-state index in [2.05, 4.69) is 25.1 Å². The molecule has 1 aromatic rings. The third-order valence-corrected chi connectivity index (χ3v) is 4.10. The molecule has 1 rings (SSSR count). The Labute approximate surface area is 150 Å². The Morgan fingerprint density at radius 1 is 1.16 bits per heavy atom. The Morgan fingerprint density at radius 3 is 2.36 bits per heavy atom. The van der Waals surface area contributed by atoms with Gasteiger partial charge >= 0.3 is 0 Å². The first-order valence-electron chi connectivity index (χ1n) is 8.21. The van der Waals surface area contributed by atoms with E-state index in [4.69, 9.17) is 0 Å². The van der Waals surface area contributed by atoms with Crippen LogP contribution >= 0.6 is 9.39 Å². The van der Waals surface area contributed by atoms with E-state index in [1.54, 1.807) is 37.3 Å². The van der Waals surface area contributed by atoms with E-state index in [9.17, 15) is 19.5 Å². The largest absolute Gasteiger partial charge is 0.383 e. The van der Waals surface area contributed by atoms with Crippen LogP contribution in [0.4, 0.5) is 0 Å². The van der Waals surface area contributed by atoms with Crippen molar-refractivity contribution in [2.45, 2.75) is 38.8 Å². The molecule has 0 aromatic heterocycles. The van der Waals surface area contributed by atoms with Crippen LogP contribution in [0.5, 0.6) is 0 Å². The van der Waals surface area contributed by atoms with Crippen molar-refractivity contribution in [3.05, 3.63) is 35.9 Å². The highest BCUT2D eigenvalue weighted by molar-refractivity contribution is 7.15. The molecule has 25 heavy (non-hydrogen) atoms. The number of aliphatic hydroxyl groups is 1. The van der Waals surface area contributed by atoms with Gasteiger partial charge in [-0.25, -0.2) is 0 Å². The molecule has 138 valence electrons. The highest BCUT2D eigenvalue weighted by atomic mass is 31.0. The smallest absolute Gasteiger partial charge is 0.250 e. The van der Waals surface area contributed by atoms with Gasteiger partial charge in [-0.15, -0.1) is 0 Å². The maximum absolute atomic E-state index is 12.1. The lowest BCUT2D eigenvalue weighted by molar-refractivity contribution is -0.134. The fourth-order valence-electron chi connectivity index (χ4n) is 2.38. The summed E-state index contributed by atoms with van der Waals surface area (Å²) >= 11 is 0. The van der Waals surface area contributed by atoms with Gasteiger partial charge in [-0.3, -0.25) is 14.4 Å². The summed E-state index contributed by atoms with van der Waals surface area (Å²) in [5.74, 6) is -1.70. The summed E-state index contributed by atoms with van der Waals surface area (Å²) in [6.07, 6.45) is 0.410. The van der Waals surface area contributed by atoms with Crippen molar-refractivity contribution in [3.8, 4) is 0 Å². The van der Waals surface area contributed by atoms with Gasteiger partial charge in [-0.1, -0.05) is 50.6 Å². The molecule has 0 radical (unpaired) electrons. The number of amides is 3. The summed E-state index contributed by atoms with van der Waals surface area (Å²) in [7, 11) is 2.10. The number of hydrogen-bond acceptors (Lipinski definition) is 4. The molecule has 0 bridgehead atoms. The van der Waals surface area contributed by atoms with Gasteiger partial charge in [0.25, 0.3) is 0 Å². The predicted octanol–water partition coefficient (Wildman–Crippen LogP) is 0.664. The van der Waals surface area contributed by atoms with Gasteiger partial charge in [0.15, 0.2) is 0 Å². The number of rotatable bonds is 9. The summed E-state index contributed by atoms with van der Waals surface area (Å²) in [5, 5.41) is 17.3. The van der Waals surface area contributed by atoms with Crippen molar-refractivity contribution in [2.24, 2.45) is 5.92 Å². The molecule has 4 N–H and O–H groups in total. The van der Waals surface area contributed by atoms with Crippen LogP contribution < -0.4 is 15.7 Å². The van der Waals surface area contributed by atoms with Gasteiger partial charge in [0.05, 0.1) is 6.54 Å². The summed E-state index contributed by atoms with van der Waals surface area (Å²) < 4.78 is 0. The van der Waals surface area contributed by atoms with E-state index in [1.165, 1.54) is 0 Å². The lowest BCUT2D eigenvalue weighted by Crippen LogP contribution is -2.46. The standard InChI is InChI=1S/C17H26N3O4P/c1-3-7-11(2)15(22)17(24)18-10-13(21)19-14(16(23)20-25)12-8-5-4-6-9-12/h4-6,8-9,11,14-15,22H,3,7,10,25H2,1-2H3,(H,18,24)(H,19,21)(H,20,23)/t11?,14-,15?/m0/s1. The average Bonchev–Trinajstić information content (AvgIpc) is 2.63. The molecule has 4 atom stereocenters. The van der Waals surface area contributed by atoms with Crippen molar-refractivity contribution < 1.29 is 19.5 Å². The number of carbonyl (C=O) groups excluding carboxylic acids is 3. The lowest BCUT2D eigenvalue weighted by Gasteiger charge is -2.19. The Balaban J connectivity index is 2.61. The van der Waals surface area contributed by atoms with E-state index >= 15 is 0 Å². The molecule has 7 nitrogen and oxygen atoms in total. The summed E-state index contributed by atoms with van der Waals surface area (Å²) in [5.41, 5.74) is 0.624. The van der Waals surface area contributed by atoms with Crippen molar-refractivity contribution >= 4 is 27.1 Å². The van der Waals surface area contributed by atoms with Crippen molar-refractivity contribution in [3.63, 3.8) is 0 Å². The van der Waals surface area contributed by atoms with Gasteiger partial charge in [0.2, 0.25) is 17.7 Å². The fraction of sp³-hybridized carbons (Fsp3) is 0.471. The molecule has 3 amide bonds. The molecule has 8 heteroatoms. The van der Waals surface area contributed by atoms with Crippen LogP contribution in [0.2, 0.25) is 0 Å². The fourth-order valence-corrected chi connectivity index (χ4v) is 2.55. The minimum atomic E-state index is -1.16. The summed E-state index contributed by atoms with van der Waals surface area (Å²) in [4.78, 5) is 35.9. The highest BCUT2D eigenvalue weighted by Gasteiger charge is 2.24. The zero-order valence-corrected chi connectivity index (χ0v) is 15.6. The molecule has 0 saturated carbocycles. The van der Waals surface area contributed by atoms with Gasteiger partial charge in [-0.05, 0) is 27.3 Å². The van der Waals surface area contributed by atoms with E-state index in [0.717, 1.165) is 6.42 Å². The quantitative estimate of drug-likeness (QED) is 0.481. The number of aliphatic hydroxyl groups excluding tert-OH is 1. The highest BCUT2D eigenvalue weighted by Crippen LogP contribution is 2.13. The molecule has 0 spiro atoms. The zero-order valence-electron chi connectivity index (χ0n) is 14.5. The first-order valence-corrected chi connectivity index (χ1v) is 8.79. The Morgan fingerprint density at radius 2 is 1.80 bits per heavy atom. The second-order valence-electron chi connectivity index (χ2n) is 5.85. The Bertz CT molecular complexity index is 583. The maximum Gasteiger partial charge on any atom is 0.250 e. The third-order valence-electron chi connectivity index (χ3n) is 3.82. The second-order valence-corrected chi connectivity index (χ2v) is 6.14. The first kappa shape index (κ1) is 21.1. The Kier molecular flexibility index (Phi) is 9.10. The predicted molar refractivity (Wildman–Crippen MR) is 98.3 cm³/mol. The van der Waals surface area contributed by atoms with Crippen LogP contribution in [-0.4, -0.2) is 35.5 Å². The molecule has 0 aliphatic carbocycles. The van der Waals surface area contributed by atoms with E-state index in [1.807, 2.05) is 6.92 Å². The van der Waals surface area contributed by atoms with Crippen LogP contribution in [0.3, 0.4) is 0 Å². The van der Waals surface area contributed by atoms with Crippen LogP contribution in [-0.2, 0) is 14.4 Å². The zero-order chi connectivity index (χ0) is 18.8. The van der Waals surface area contributed by atoms with Gasteiger partial charge in [-0.2, -0.15) is 0 Å². The van der Waals surface area contributed by atoms with Crippen molar-refractivity contribution in [2.75, 3.05) is 6.54 Å². The van der Waals surface area contributed by atoms with Gasteiger partial charge in [0, 0.05) is 0 Å². The van der Waals surface area contributed by atoms with Crippen LogP contribution in [0, 0.1) is 5.92 Å². The number of nitrogens with one attached hydrogen (secondary N) is 3. The molecular formula is C17H26N3O4P. The second kappa shape index (κ2) is 10.8. The molecule has 1 aromatic carbocycles. The number of benzene rings is 1. The summed E-state index contributed by atoms with van der Waals surface area (Å²) in [6, 6.07) is 7.90. The normalized spacial score (nSPS) is 14.1. The molecule has 0 fully saturated rings. The molecule has 0 saturated heterocycles.